The van der Waals surface area contributed by atoms with Crippen LogP contribution in [-0.2, 0) is 31.5 Å². The van der Waals surface area contributed by atoms with Gasteiger partial charge in [0.05, 0.1) is 47.5 Å². The fourth-order valence-electron chi connectivity index (χ4n) is 5.86. The van der Waals surface area contributed by atoms with Gasteiger partial charge in [0.2, 0.25) is 0 Å². The first-order valence-corrected chi connectivity index (χ1v) is 14.5. The molecular formula is C33H32FN5O4. The van der Waals surface area contributed by atoms with Crippen LogP contribution < -0.4 is 4.74 Å². The van der Waals surface area contributed by atoms with Crippen molar-refractivity contribution in [1.29, 1.82) is 0 Å². The number of carboxylic acids is 1. The summed E-state index contributed by atoms with van der Waals surface area (Å²) in [6, 6.07) is 16.1. The molecule has 1 fully saturated rings. The van der Waals surface area contributed by atoms with Crippen LogP contribution in [-0.4, -0.2) is 61.1 Å². The van der Waals surface area contributed by atoms with E-state index in [9.17, 15) is 14.3 Å². The van der Waals surface area contributed by atoms with Crippen molar-refractivity contribution in [2.45, 2.75) is 38.6 Å². The van der Waals surface area contributed by atoms with Crippen molar-refractivity contribution in [3.05, 3.63) is 95.2 Å². The molecule has 0 radical (unpaired) electrons. The lowest BCUT2D eigenvalue weighted by atomic mass is 9.99. The van der Waals surface area contributed by atoms with Gasteiger partial charge in [-0.2, -0.15) is 5.10 Å². The van der Waals surface area contributed by atoms with Gasteiger partial charge >= 0.3 is 5.97 Å². The zero-order chi connectivity index (χ0) is 29.5. The number of aromatic nitrogens is 4. The first-order valence-electron chi connectivity index (χ1n) is 14.5. The van der Waals surface area contributed by atoms with Gasteiger partial charge in [-0.3, -0.25) is 9.58 Å². The average Bonchev–Trinajstić information content (AvgIpc) is 3.53. The van der Waals surface area contributed by atoms with E-state index in [1.165, 1.54) is 6.07 Å². The second-order valence-electron chi connectivity index (χ2n) is 11.2. The maximum atomic E-state index is 14.7. The molecule has 1 N–H and O–H groups in total. The highest BCUT2D eigenvalue weighted by Crippen LogP contribution is 2.30. The number of hydrogen-bond acceptors (Lipinski definition) is 6. The lowest BCUT2D eigenvalue weighted by Gasteiger charge is -2.29. The second-order valence-corrected chi connectivity index (χ2v) is 11.2. The van der Waals surface area contributed by atoms with Crippen molar-refractivity contribution in [1.82, 2.24) is 24.2 Å². The monoisotopic (exact) mass is 581 g/mol. The Kier molecular flexibility index (Phi) is 7.16. The Labute approximate surface area is 247 Å². The number of fused-ring (bicyclic) bond motifs is 2. The van der Waals surface area contributed by atoms with Crippen LogP contribution in [0.5, 0.6) is 5.75 Å². The summed E-state index contributed by atoms with van der Waals surface area (Å²) in [7, 11) is 1.90. The van der Waals surface area contributed by atoms with E-state index in [0.717, 1.165) is 77.0 Å². The molecule has 0 spiro atoms. The number of carboxylic acid groups (broad SMARTS) is 1. The quantitative estimate of drug-likeness (QED) is 0.249. The summed E-state index contributed by atoms with van der Waals surface area (Å²) in [6.07, 6.45) is 5.90. The third-order valence-electron chi connectivity index (χ3n) is 8.42. The predicted octanol–water partition coefficient (Wildman–Crippen LogP) is 5.42. The molecule has 9 nitrogen and oxygen atoms in total. The molecule has 4 heterocycles. The summed E-state index contributed by atoms with van der Waals surface area (Å²) in [5, 5.41) is 14.8. The fourth-order valence-corrected chi connectivity index (χ4v) is 5.86. The van der Waals surface area contributed by atoms with Gasteiger partial charge in [0.15, 0.2) is 11.6 Å². The number of benzene rings is 3. The number of aryl methyl sites for hydroxylation is 1. The number of carbonyl (C=O) groups is 1. The number of rotatable bonds is 9. The van der Waals surface area contributed by atoms with Gasteiger partial charge in [0.1, 0.15) is 12.4 Å². The van der Waals surface area contributed by atoms with E-state index < -0.39 is 5.97 Å². The Morgan fingerprint density at radius 3 is 2.79 bits per heavy atom. The topological polar surface area (TPSA) is 94.6 Å². The van der Waals surface area contributed by atoms with E-state index in [1.54, 1.807) is 24.3 Å². The number of hydrogen-bond donors (Lipinski definition) is 1. The van der Waals surface area contributed by atoms with E-state index in [-0.39, 0.29) is 29.8 Å². The largest absolute Gasteiger partial charge is 0.486 e. The molecule has 220 valence electrons. The van der Waals surface area contributed by atoms with Crippen molar-refractivity contribution < 1.29 is 23.8 Å². The SMILES string of the molecule is Cn1ncc2cc(COc3cc(C4=CCN(Cc5nc6ccc(C(=O)O)cc6n5CC5CCO5)CC4)ccc3F)ccc21. The molecule has 10 heteroatoms. The van der Waals surface area contributed by atoms with Crippen LogP contribution >= 0.6 is 0 Å². The zero-order valence-electron chi connectivity index (χ0n) is 23.9. The smallest absolute Gasteiger partial charge is 0.335 e. The van der Waals surface area contributed by atoms with Gasteiger partial charge in [0, 0.05) is 32.1 Å². The summed E-state index contributed by atoms with van der Waals surface area (Å²) in [5.74, 6) is -0.207. The molecular weight excluding hydrogens is 549 g/mol. The third-order valence-corrected chi connectivity index (χ3v) is 8.42. The second kappa shape index (κ2) is 11.3. The Morgan fingerprint density at radius 2 is 2.02 bits per heavy atom. The Balaban J connectivity index is 1.05. The molecule has 2 aromatic heterocycles. The summed E-state index contributed by atoms with van der Waals surface area (Å²) >= 11 is 0. The molecule has 0 saturated carbocycles. The minimum atomic E-state index is -0.953. The minimum absolute atomic E-state index is 0.116. The Morgan fingerprint density at radius 1 is 1.14 bits per heavy atom. The van der Waals surface area contributed by atoms with E-state index in [4.69, 9.17) is 14.5 Å². The van der Waals surface area contributed by atoms with Gasteiger partial charge in [0.25, 0.3) is 0 Å². The molecule has 0 amide bonds. The summed E-state index contributed by atoms with van der Waals surface area (Å²) in [6.45, 7) is 3.83. The first kappa shape index (κ1) is 27.3. The van der Waals surface area contributed by atoms with Crippen molar-refractivity contribution in [3.8, 4) is 5.75 Å². The van der Waals surface area contributed by atoms with Crippen LogP contribution in [0.1, 0.15) is 40.2 Å². The number of aromatic carboxylic acids is 1. The van der Waals surface area contributed by atoms with Gasteiger partial charge < -0.3 is 19.1 Å². The highest BCUT2D eigenvalue weighted by Gasteiger charge is 2.24. The Bertz CT molecular complexity index is 1870. The van der Waals surface area contributed by atoms with E-state index in [1.807, 2.05) is 42.2 Å². The van der Waals surface area contributed by atoms with E-state index in [2.05, 4.69) is 20.6 Å². The molecule has 3 aromatic carbocycles. The summed E-state index contributed by atoms with van der Waals surface area (Å²) in [5.41, 5.74) is 5.94. The molecule has 7 rings (SSSR count). The molecule has 1 atom stereocenters. The van der Waals surface area contributed by atoms with Crippen LogP contribution in [0.15, 0.2) is 66.9 Å². The highest BCUT2D eigenvalue weighted by atomic mass is 19.1. The van der Waals surface area contributed by atoms with E-state index >= 15 is 0 Å². The number of halogens is 1. The summed E-state index contributed by atoms with van der Waals surface area (Å²) in [4.78, 5) is 18.8. The molecule has 5 aromatic rings. The van der Waals surface area contributed by atoms with Crippen molar-refractivity contribution in [2.75, 3.05) is 19.7 Å². The van der Waals surface area contributed by atoms with Crippen LogP contribution in [0.4, 0.5) is 4.39 Å². The fraction of sp³-hybridized carbons (Fsp3) is 0.303. The molecule has 1 saturated heterocycles. The maximum Gasteiger partial charge on any atom is 0.335 e. The van der Waals surface area contributed by atoms with Gasteiger partial charge in [-0.15, -0.1) is 0 Å². The van der Waals surface area contributed by atoms with E-state index in [0.29, 0.717) is 13.1 Å². The normalized spacial score (nSPS) is 17.3. The molecule has 2 aliphatic rings. The van der Waals surface area contributed by atoms with Crippen LogP contribution in [0.25, 0.3) is 27.5 Å². The predicted molar refractivity (Wildman–Crippen MR) is 160 cm³/mol. The summed E-state index contributed by atoms with van der Waals surface area (Å²) < 4.78 is 30.2. The van der Waals surface area contributed by atoms with Crippen LogP contribution in [0.2, 0.25) is 0 Å². The van der Waals surface area contributed by atoms with Gasteiger partial charge in [-0.1, -0.05) is 18.2 Å². The molecule has 43 heavy (non-hydrogen) atoms. The first-order chi connectivity index (χ1) is 20.9. The van der Waals surface area contributed by atoms with Crippen molar-refractivity contribution in [3.63, 3.8) is 0 Å². The van der Waals surface area contributed by atoms with Crippen molar-refractivity contribution in [2.24, 2.45) is 7.05 Å². The number of nitrogens with zero attached hydrogens (tertiary/aromatic N) is 5. The third kappa shape index (κ3) is 5.51. The molecule has 2 aliphatic heterocycles. The van der Waals surface area contributed by atoms with Crippen molar-refractivity contribution >= 4 is 33.5 Å². The maximum absolute atomic E-state index is 14.7. The zero-order valence-corrected chi connectivity index (χ0v) is 23.9. The lowest BCUT2D eigenvalue weighted by molar-refractivity contribution is -0.0591. The lowest BCUT2D eigenvalue weighted by Crippen LogP contribution is -2.33. The standard InChI is InChI=1S/C33H32FN5O4/c1-37-29-7-2-21(14-25(29)17-35-37)20-43-31-16-23(3-5-27(31)34)22-8-11-38(12-9-22)19-32-36-28-6-4-24(33(40)41)15-30(28)39(32)18-26-10-13-42-26/h2-8,14-17,26H,9-13,18-20H2,1H3,(H,40,41). The molecule has 1 unspecified atom stereocenters. The molecule has 0 aliphatic carbocycles. The van der Waals surface area contributed by atoms with Gasteiger partial charge in [-0.25, -0.2) is 14.2 Å². The number of imidazole rings is 1. The molecule has 0 bridgehead atoms. The van der Waals surface area contributed by atoms with Gasteiger partial charge in [-0.05, 0) is 72.0 Å². The van der Waals surface area contributed by atoms with Crippen LogP contribution in [0.3, 0.4) is 0 Å². The minimum Gasteiger partial charge on any atom is -0.486 e. The Hall–Kier alpha value is -4.54. The number of ether oxygens (including phenoxy) is 2. The highest BCUT2D eigenvalue weighted by molar-refractivity contribution is 5.92. The average molecular weight is 582 g/mol. The van der Waals surface area contributed by atoms with Crippen LogP contribution in [0, 0.1) is 5.82 Å².